The van der Waals surface area contributed by atoms with Crippen molar-refractivity contribution in [3.63, 3.8) is 0 Å². The van der Waals surface area contributed by atoms with E-state index in [0.717, 1.165) is 5.56 Å². The molecule has 0 atom stereocenters. The van der Waals surface area contributed by atoms with Gasteiger partial charge in [0.15, 0.2) is 5.78 Å². The zero-order chi connectivity index (χ0) is 20.3. The predicted molar refractivity (Wildman–Crippen MR) is 108 cm³/mol. The summed E-state index contributed by atoms with van der Waals surface area (Å²) in [5, 5.41) is 9.80. The summed E-state index contributed by atoms with van der Waals surface area (Å²) in [4.78, 5) is 24.9. The summed E-state index contributed by atoms with van der Waals surface area (Å²) in [7, 11) is 0. The zero-order valence-corrected chi connectivity index (χ0v) is 16.2. The van der Waals surface area contributed by atoms with Crippen LogP contribution in [0.3, 0.4) is 0 Å². The largest absolute Gasteiger partial charge is 0.508 e. The third-order valence-electron chi connectivity index (χ3n) is 4.28. The van der Waals surface area contributed by atoms with Crippen molar-refractivity contribution in [2.24, 2.45) is 0 Å². The molecule has 0 saturated carbocycles. The molecule has 142 valence electrons. The second kappa shape index (κ2) is 8.28. The average Bonchev–Trinajstić information content (AvgIpc) is 2.68. The average molecular weight is 395 g/mol. The number of ether oxygens (including phenoxy) is 1. The fraction of sp³-hybridized carbons (Fsp3) is 0.130. The standard InChI is InChI=1S/C23H19ClO4/c1-14(2)17-11-18(13-19(24)12-17)23(27)28-21-9-5-16(6-10-21)22(26)15-3-7-20(25)8-4-15/h3-14,25H,1-2H3. The molecule has 28 heavy (non-hydrogen) atoms. The van der Waals surface area contributed by atoms with Crippen molar-refractivity contribution in [1.82, 2.24) is 0 Å². The number of hydrogen-bond acceptors (Lipinski definition) is 4. The summed E-state index contributed by atoms with van der Waals surface area (Å²) in [6, 6.07) is 17.5. The number of benzene rings is 3. The summed E-state index contributed by atoms with van der Waals surface area (Å²) in [5.74, 6) is -0.0365. The molecule has 0 aromatic heterocycles. The topological polar surface area (TPSA) is 63.6 Å². The lowest BCUT2D eigenvalue weighted by Gasteiger charge is -2.10. The Kier molecular flexibility index (Phi) is 5.81. The lowest BCUT2D eigenvalue weighted by atomic mass is 10.0. The molecule has 3 rings (SSSR count). The molecule has 3 aromatic rings. The number of halogens is 1. The van der Waals surface area contributed by atoms with Gasteiger partial charge in [-0.2, -0.15) is 0 Å². The van der Waals surface area contributed by atoms with E-state index in [9.17, 15) is 14.7 Å². The summed E-state index contributed by atoms with van der Waals surface area (Å²) >= 11 is 6.10. The molecule has 0 spiro atoms. The van der Waals surface area contributed by atoms with Crippen LogP contribution in [0.4, 0.5) is 0 Å². The fourth-order valence-electron chi connectivity index (χ4n) is 2.68. The van der Waals surface area contributed by atoms with Gasteiger partial charge in [0.1, 0.15) is 11.5 Å². The molecule has 0 unspecified atom stereocenters. The Labute approximate surface area is 168 Å². The van der Waals surface area contributed by atoms with Gasteiger partial charge in [-0.1, -0.05) is 25.4 Å². The fourth-order valence-corrected chi connectivity index (χ4v) is 2.93. The van der Waals surface area contributed by atoms with Crippen LogP contribution in [0.2, 0.25) is 5.02 Å². The minimum absolute atomic E-state index is 0.0976. The van der Waals surface area contributed by atoms with Crippen molar-refractivity contribution in [2.75, 3.05) is 0 Å². The molecule has 0 aliphatic rings. The molecule has 0 saturated heterocycles. The maximum atomic E-state index is 12.4. The number of carbonyl (C=O) groups is 2. The quantitative estimate of drug-likeness (QED) is 0.346. The first kappa shape index (κ1) is 19.6. The molecule has 0 heterocycles. The third kappa shape index (κ3) is 4.59. The summed E-state index contributed by atoms with van der Waals surface area (Å²) in [5.41, 5.74) is 2.24. The number of phenolic OH excluding ortho intramolecular Hbond substituents is 1. The van der Waals surface area contributed by atoms with Gasteiger partial charge in [0.2, 0.25) is 0 Å². The summed E-state index contributed by atoms with van der Waals surface area (Å²) < 4.78 is 5.40. The van der Waals surface area contributed by atoms with Gasteiger partial charge in [-0.25, -0.2) is 4.79 Å². The highest BCUT2D eigenvalue weighted by molar-refractivity contribution is 6.31. The smallest absolute Gasteiger partial charge is 0.343 e. The van der Waals surface area contributed by atoms with Gasteiger partial charge < -0.3 is 9.84 Å². The van der Waals surface area contributed by atoms with E-state index in [4.69, 9.17) is 16.3 Å². The van der Waals surface area contributed by atoms with Crippen molar-refractivity contribution >= 4 is 23.4 Å². The Bertz CT molecular complexity index is 1010. The summed E-state index contributed by atoms with van der Waals surface area (Å²) in [6.07, 6.45) is 0. The molecule has 5 heteroatoms. The number of phenols is 1. The van der Waals surface area contributed by atoms with E-state index in [1.165, 1.54) is 12.1 Å². The van der Waals surface area contributed by atoms with Crippen LogP contribution in [0.1, 0.15) is 51.6 Å². The van der Waals surface area contributed by atoms with Crippen LogP contribution >= 0.6 is 11.6 Å². The molecule has 1 N–H and O–H groups in total. The van der Waals surface area contributed by atoms with Crippen LogP contribution in [-0.4, -0.2) is 16.9 Å². The molecule has 0 fully saturated rings. The van der Waals surface area contributed by atoms with E-state index in [-0.39, 0.29) is 17.5 Å². The maximum Gasteiger partial charge on any atom is 0.343 e. The highest BCUT2D eigenvalue weighted by Crippen LogP contribution is 2.23. The molecule has 0 amide bonds. The van der Waals surface area contributed by atoms with E-state index in [1.807, 2.05) is 19.9 Å². The Morgan fingerprint density at radius 2 is 1.43 bits per heavy atom. The maximum absolute atomic E-state index is 12.4. The first-order chi connectivity index (χ1) is 13.3. The number of hydrogen-bond donors (Lipinski definition) is 1. The van der Waals surface area contributed by atoms with Gasteiger partial charge in [0.25, 0.3) is 0 Å². The molecular weight excluding hydrogens is 376 g/mol. The van der Waals surface area contributed by atoms with Crippen molar-refractivity contribution in [3.05, 3.63) is 94.0 Å². The number of rotatable bonds is 5. The predicted octanol–water partition coefficient (Wildman–Crippen LogP) is 5.62. The van der Waals surface area contributed by atoms with E-state index in [0.29, 0.717) is 27.5 Å². The Balaban J connectivity index is 1.74. The number of ketones is 1. The number of esters is 1. The van der Waals surface area contributed by atoms with E-state index >= 15 is 0 Å². The highest BCUT2D eigenvalue weighted by Gasteiger charge is 2.14. The third-order valence-corrected chi connectivity index (χ3v) is 4.50. The van der Waals surface area contributed by atoms with Crippen molar-refractivity contribution in [2.45, 2.75) is 19.8 Å². The monoisotopic (exact) mass is 394 g/mol. The lowest BCUT2D eigenvalue weighted by molar-refractivity contribution is 0.0734. The molecule has 0 aliphatic heterocycles. The Morgan fingerprint density at radius 1 is 0.857 bits per heavy atom. The minimum Gasteiger partial charge on any atom is -0.508 e. The lowest BCUT2D eigenvalue weighted by Crippen LogP contribution is -2.09. The van der Waals surface area contributed by atoms with Crippen LogP contribution < -0.4 is 4.74 Å². The van der Waals surface area contributed by atoms with E-state index in [1.54, 1.807) is 48.5 Å². The van der Waals surface area contributed by atoms with Crippen LogP contribution in [0.5, 0.6) is 11.5 Å². The van der Waals surface area contributed by atoms with Gasteiger partial charge >= 0.3 is 5.97 Å². The highest BCUT2D eigenvalue weighted by atomic mass is 35.5. The minimum atomic E-state index is -0.512. The zero-order valence-electron chi connectivity index (χ0n) is 15.5. The van der Waals surface area contributed by atoms with Gasteiger partial charge in [-0.3, -0.25) is 4.79 Å². The van der Waals surface area contributed by atoms with Crippen LogP contribution in [0, 0.1) is 0 Å². The van der Waals surface area contributed by atoms with Crippen molar-refractivity contribution in [3.8, 4) is 11.5 Å². The van der Waals surface area contributed by atoms with Crippen LogP contribution in [0.15, 0.2) is 66.7 Å². The Morgan fingerprint density at radius 3 is 2.00 bits per heavy atom. The molecule has 0 radical (unpaired) electrons. The van der Waals surface area contributed by atoms with E-state index < -0.39 is 5.97 Å². The SMILES string of the molecule is CC(C)c1cc(Cl)cc(C(=O)Oc2ccc(C(=O)c3ccc(O)cc3)cc2)c1. The van der Waals surface area contributed by atoms with E-state index in [2.05, 4.69) is 0 Å². The molecule has 3 aromatic carbocycles. The van der Waals surface area contributed by atoms with Crippen molar-refractivity contribution < 1.29 is 19.4 Å². The molecule has 4 nitrogen and oxygen atoms in total. The molecular formula is C23H19ClO4. The Hall–Kier alpha value is -3.11. The second-order valence-electron chi connectivity index (χ2n) is 6.72. The van der Waals surface area contributed by atoms with Gasteiger partial charge in [0.05, 0.1) is 5.56 Å². The number of carbonyl (C=O) groups excluding carboxylic acids is 2. The first-order valence-corrected chi connectivity index (χ1v) is 9.18. The van der Waals surface area contributed by atoms with Crippen LogP contribution in [0.25, 0.3) is 0 Å². The van der Waals surface area contributed by atoms with Gasteiger partial charge in [-0.15, -0.1) is 0 Å². The summed E-state index contributed by atoms with van der Waals surface area (Å²) in [6.45, 7) is 4.04. The number of aromatic hydroxyl groups is 1. The van der Waals surface area contributed by atoms with Gasteiger partial charge in [0, 0.05) is 16.1 Å². The molecule has 0 bridgehead atoms. The molecule has 0 aliphatic carbocycles. The van der Waals surface area contributed by atoms with Crippen molar-refractivity contribution in [1.29, 1.82) is 0 Å². The second-order valence-corrected chi connectivity index (χ2v) is 7.15. The normalized spacial score (nSPS) is 10.7. The first-order valence-electron chi connectivity index (χ1n) is 8.80. The van der Waals surface area contributed by atoms with Crippen LogP contribution in [-0.2, 0) is 0 Å². The van der Waals surface area contributed by atoms with Gasteiger partial charge in [-0.05, 0) is 78.2 Å².